The van der Waals surface area contributed by atoms with Crippen molar-refractivity contribution < 1.29 is 9.53 Å². The van der Waals surface area contributed by atoms with Crippen molar-refractivity contribution in [3.8, 4) is 11.9 Å². The summed E-state index contributed by atoms with van der Waals surface area (Å²) in [5, 5.41) is 15.7. The summed E-state index contributed by atoms with van der Waals surface area (Å²) in [7, 11) is 0. The van der Waals surface area contributed by atoms with Gasteiger partial charge in [0, 0.05) is 16.4 Å². The molecule has 3 rings (SSSR count). The first-order valence-electron chi connectivity index (χ1n) is 7.09. The summed E-state index contributed by atoms with van der Waals surface area (Å²) in [4.78, 5) is 16.0. The molecule has 2 aromatic carbocycles. The number of carbonyl (C=O) groups excluding carboxylic acids is 1. The smallest absolute Gasteiger partial charge is 0.388 e. The number of ether oxygens (including phenoxy) is 1. The van der Waals surface area contributed by atoms with Crippen LogP contribution in [0.4, 0.5) is 21.2 Å². The minimum absolute atomic E-state index is 0.145. The first-order valence-corrected chi connectivity index (χ1v) is 8.35. The van der Waals surface area contributed by atoms with Gasteiger partial charge in [0.25, 0.3) is 5.88 Å². The molecular formula is C17H11ClN4O2S. The van der Waals surface area contributed by atoms with Crippen LogP contribution in [0.1, 0.15) is 5.56 Å². The molecule has 25 heavy (non-hydrogen) atoms. The Morgan fingerprint density at radius 3 is 2.80 bits per heavy atom. The van der Waals surface area contributed by atoms with Crippen molar-refractivity contribution in [3.05, 3.63) is 64.6 Å². The fraction of sp³-hybridized carbons (Fsp3) is 0. The Balaban J connectivity index is 1.69. The van der Waals surface area contributed by atoms with E-state index in [1.807, 2.05) is 0 Å². The summed E-state index contributed by atoms with van der Waals surface area (Å²) in [6.07, 6.45) is -0.679. The van der Waals surface area contributed by atoms with E-state index in [1.54, 1.807) is 54.0 Å². The topological polar surface area (TPSA) is 87.0 Å². The zero-order chi connectivity index (χ0) is 17.6. The number of halogens is 1. The number of amides is 1. The van der Waals surface area contributed by atoms with Crippen molar-refractivity contribution >= 4 is 45.4 Å². The van der Waals surface area contributed by atoms with E-state index in [2.05, 4.69) is 21.7 Å². The second-order valence-corrected chi connectivity index (χ2v) is 6.12. The molecule has 0 aliphatic rings. The van der Waals surface area contributed by atoms with Gasteiger partial charge in [-0.3, -0.25) is 5.32 Å². The van der Waals surface area contributed by atoms with E-state index in [0.717, 1.165) is 0 Å². The van der Waals surface area contributed by atoms with Crippen LogP contribution in [0.3, 0.4) is 0 Å². The number of hydrogen-bond acceptors (Lipinski definition) is 6. The van der Waals surface area contributed by atoms with Gasteiger partial charge in [-0.15, -0.1) is 11.3 Å². The third kappa shape index (κ3) is 4.47. The fourth-order valence-electron chi connectivity index (χ4n) is 1.99. The van der Waals surface area contributed by atoms with E-state index in [9.17, 15) is 4.79 Å². The summed E-state index contributed by atoms with van der Waals surface area (Å²) in [6, 6.07) is 15.7. The third-order valence-corrected chi connectivity index (χ3v) is 4.00. The van der Waals surface area contributed by atoms with Crippen LogP contribution in [0.5, 0.6) is 5.88 Å². The first-order chi connectivity index (χ1) is 12.1. The number of benzene rings is 2. The first kappa shape index (κ1) is 16.8. The van der Waals surface area contributed by atoms with Gasteiger partial charge in [-0.25, -0.2) is 9.78 Å². The second kappa shape index (κ2) is 7.66. The molecule has 124 valence electrons. The fourth-order valence-corrected chi connectivity index (χ4v) is 2.80. The summed E-state index contributed by atoms with van der Waals surface area (Å²) in [6.45, 7) is 0. The number of nitrogens with zero attached hydrogens (tertiary/aromatic N) is 2. The molecule has 0 aliphatic carbocycles. The highest BCUT2D eigenvalue weighted by Gasteiger charge is 2.13. The van der Waals surface area contributed by atoms with Crippen molar-refractivity contribution in [3.63, 3.8) is 0 Å². The zero-order valence-electron chi connectivity index (χ0n) is 12.7. The molecule has 0 aliphatic heterocycles. The molecular weight excluding hydrogens is 360 g/mol. The zero-order valence-corrected chi connectivity index (χ0v) is 14.3. The van der Waals surface area contributed by atoms with E-state index in [0.29, 0.717) is 27.0 Å². The van der Waals surface area contributed by atoms with E-state index in [1.165, 1.54) is 11.3 Å². The van der Waals surface area contributed by atoms with Crippen molar-refractivity contribution in [1.82, 2.24) is 4.98 Å². The second-order valence-electron chi connectivity index (χ2n) is 4.83. The standard InChI is InChI=1S/C17H11ClN4O2S/c18-12-4-2-6-14(8-12)22-17(23)24-15-16(25-10-20-15)21-13-5-1-3-11(7-13)9-19/h1-8,10,21H,(H,22,23). The van der Waals surface area contributed by atoms with Gasteiger partial charge in [-0.2, -0.15) is 5.26 Å². The monoisotopic (exact) mass is 370 g/mol. The maximum absolute atomic E-state index is 12.0. The Morgan fingerprint density at radius 2 is 2.00 bits per heavy atom. The van der Waals surface area contributed by atoms with Crippen LogP contribution in [0, 0.1) is 11.3 Å². The highest BCUT2D eigenvalue weighted by molar-refractivity contribution is 7.14. The Bertz CT molecular complexity index is 952. The minimum Gasteiger partial charge on any atom is -0.388 e. The van der Waals surface area contributed by atoms with Gasteiger partial charge >= 0.3 is 6.09 Å². The normalized spacial score (nSPS) is 9.92. The third-order valence-electron chi connectivity index (χ3n) is 3.04. The van der Waals surface area contributed by atoms with Crippen LogP contribution >= 0.6 is 22.9 Å². The average molecular weight is 371 g/mol. The Kier molecular flexibility index (Phi) is 5.14. The molecule has 0 unspecified atom stereocenters. The lowest BCUT2D eigenvalue weighted by Crippen LogP contribution is -2.17. The molecule has 1 heterocycles. The largest absolute Gasteiger partial charge is 0.418 e. The number of carbonyl (C=O) groups is 1. The number of thiazole rings is 1. The minimum atomic E-state index is -0.679. The molecule has 1 aromatic heterocycles. The van der Waals surface area contributed by atoms with Crippen molar-refractivity contribution in [2.45, 2.75) is 0 Å². The van der Waals surface area contributed by atoms with Gasteiger partial charge < -0.3 is 10.1 Å². The SMILES string of the molecule is N#Cc1cccc(Nc2scnc2OC(=O)Nc2cccc(Cl)c2)c1. The molecule has 0 spiro atoms. The molecule has 6 nitrogen and oxygen atoms in total. The number of nitrogens with one attached hydrogen (secondary N) is 2. The quantitative estimate of drug-likeness (QED) is 0.673. The lowest BCUT2D eigenvalue weighted by molar-refractivity contribution is 0.214. The van der Waals surface area contributed by atoms with Gasteiger partial charge in [0.15, 0.2) is 5.00 Å². The van der Waals surface area contributed by atoms with Gasteiger partial charge in [-0.1, -0.05) is 23.7 Å². The van der Waals surface area contributed by atoms with Crippen molar-refractivity contribution in [2.75, 3.05) is 10.6 Å². The van der Waals surface area contributed by atoms with Gasteiger partial charge in [0.2, 0.25) is 0 Å². The molecule has 0 fully saturated rings. The van der Waals surface area contributed by atoms with Gasteiger partial charge in [-0.05, 0) is 36.4 Å². The lowest BCUT2D eigenvalue weighted by atomic mass is 10.2. The van der Waals surface area contributed by atoms with Gasteiger partial charge in [0.1, 0.15) is 0 Å². The summed E-state index contributed by atoms with van der Waals surface area (Å²) < 4.78 is 5.24. The molecule has 0 bridgehead atoms. The predicted molar refractivity (Wildman–Crippen MR) is 97.7 cm³/mol. The highest BCUT2D eigenvalue weighted by Crippen LogP contribution is 2.31. The summed E-state index contributed by atoms with van der Waals surface area (Å²) in [5.41, 5.74) is 3.29. The molecule has 3 aromatic rings. The highest BCUT2D eigenvalue weighted by atomic mass is 35.5. The molecule has 0 atom stereocenters. The van der Waals surface area contributed by atoms with E-state index in [-0.39, 0.29) is 5.88 Å². The van der Waals surface area contributed by atoms with Crippen LogP contribution in [0.25, 0.3) is 0 Å². The molecule has 0 saturated heterocycles. The van der Waals surface area contributed by atoms with Crippen LogP contribution in [-0.2, 0) is 0 Å². The number of aromatic nitrogens is 1. The van der Waals surface area contributed by atoms with Crippen molar-refractivity contribution in [2.24, 2.45) is 0 Å². The van der Waals surface area contributed by atoms with Crippen LogP contribution in [0.2, 0.25) is 5.02 Å². The average Bonchev–Trinajstić information content (AvgIpc) is 3.01. The van der Waals surface area contributed by atoms with E-state index < -0.39 is 6.09 Å². The molecule has 2 N–H and O–H groups in total. The molecule has 8 heteroatoms. The van der Waals surface area contributed by atoms with Gasteiger partial charge in [0.05, 0.1) is 17.1 Å². The Labute approximate surface area is 152 Å². The number of anilines is 3. The van der Waals surface area contributed by atoms with Crippen LogP contribution in [-0.4, -0.2) is 11.1 Å². The number of hydrogen-bond donors (Lipinski definition) is 2. The number of nitriles is 1. The molecule has 1 amide bonds. The van der Waals surface area contributed by atoms with E-state index >= 15 is 0 Å². The summed E-state index contributed by atoms with van der Waals surface area (Å²) in [5.74, 6) is 0.145. The van der Waals surface area contributed by atoms with Crippen molar-refractivity contribution in [1.29, 1.82) is 5.26 Å². The summed E-state index contributed by atoms with van der Waals surface area (Å²) >= 11 is 7.15. The predicted octanol–water partition coefficient (Wildman–Crippen LogP) is 5.02. The Hall–Kier alpha value is -3.08. The lowest BCUT2D eigenvalue weighted by Gasteiger charge is -2.08. The Morgan fingerprint density at radius 1 is 1.20 bits per heavy atom. The van der Waals surface area contributed by atoms with Crippen LogP contribution < -0.4 is 15.4 Å². The van der Waals surface area contributed by atoms with Crippen LogP contribution in [0.15, 0.2) is 54.0 Å². The molecule has 0 radical (unpaired) electrons. The maximum atomic E-state index is 12.0. The van der Waals surface area contributed by atoms with E-state index in [4.69, 9.17) is 21.6 Å². The number of rotatable bonds is 4. The maximum Gasteiger partial charge on any atom is 0.418 e. The molecule has 0 saturated carbocycles.